The molecule has 0 aliphatic heterocycles. The Morgan fingerprint density at radius 2 is 1.65 bits per heavy atom. The van der Waals surface area contributed by atoms with E-state index < -0.39 is 9.04 Å². The third kappa shape index (κ3) is 3.32. The first kappa shape index (κ1) is 12.6. The monoisotopic (exact) mass is 272 g/mol. The Morgan fingerprint density at radius 1 is 1.00 bits per heavy atom. The first-order valence-corrected chi connectivity index (χ1v) is 8.44. The van der Waals surface area contributed by atoms with Crippen molar-refractivity contribution in [2.24, 2.45) is 0 Å². The maximum atomic E-state index is 5.31. The van der Waals surface area contributed by atoms with Gasteiger partial charge in [-0.2, -0.15) is 0 Å². The number of benzene rings is 2. The predicted octanol–water partition coefficient (Wildman–Crippen LogP) is 2.77. The molecule has 2 rings (SSSR count). The third-order valence-corrected chi connectivity index (χ3v) is 6.07. The zero-order chi connectivity index (χ0) is 12.1. The summed E-state index contributed by atoms with van der Waals surface area (Å²) in [7, 11) is 2.19. The molecule has 17 heavy (non-hydrogen) atoms. The molecular weight excluding hydrogens is 260 g/mol. The number of rotatable bonds is 4. The second-order valence-corrected chi connectivity index (χ2v) is 7.15. The topological polar surface area (TPSA) is 9.23 Å². The molecule has 4 heteroatoms. The minimum Gasteiger partial charge on any atom is -0.454 e. The Bertz CT molecular complexity index is 476. The first-order chi connectivity index (χ1) is 8.31. The van der Waals surface area contributed by atoms with E-state index >= 15 is 0 Å². The summed E-state index contributed by atoms with van der Waals surface area (Å²) in [5.41, 5.74) is 0. The summed E-state index contributed by atoms with van der Waals surface area (Å²) in [6, 6.07) is 18.8. The van der Waals surface area contributed by atoms with Crippen molar-refractivity contribution in [3.63, 3.8) is 0 Å². The van der Waals surface area contributed by atoms with Crippen molar-refractivity contribution >= 4 is 36.5 Å². The Labute approximate surface area is 111 Å². The quantitative estimate of drug-likeness (QED) is 0.792. The van der Waals surface area contributed by atoms with E-state index in [0.29, 0.717) is 0 Å². The summed E-state index contributed by atoms with van der Waals surface area (Å²) in [6.07, 6.45) is 0. The molecule has 0 atom stereocenters. The van der Waals surface area contributed by atoms with Crippen LogP contribution in [0.25, 0.3) is 0 Å². The van der Waals surface area contributed by atoms with Crippen molar-refractivity contribution in [3.05, 3.63) is 54.6 Å². The molecule has 0 saturated carbocycles. The van der Waals surface area contributed by atoms with Gasteiger partial charge in [-0.3, -0.25) is 0 Å². The zero-order valence-corrected chi connectivity index (χ0v) is 12.3. The maximum Gasteiger partial charge on any atom is 0.232 e. The average Bonchev–Trinajstić information content (AvgIpc) is 2.40. The van der Waals surface area contributed by atoms with Gasteiger partial charge >= 0.3 is 0 Å². The molecule has 2 aromatic rings. The van der Waals surface area contributed by atoms with Crippen LogP contribution in [0, 0.1) is 0 Å². The molecule has 0 aliphatic carbocycles. The first-order valence-electron chi connectivity index (χ1n) is 5.30. The highest BCUT2D eigenvalue weighted by atomic mass is 32.2. The van der Waals surface area contributed by atoms with Gasteiger partial charge in [0.1, 0.15) is 0 Å². The van der Waals surface area contributed by atoms with Gasteiger partial charge in [0.2, 0.25) is 19.5 Å². The predicted molar refractivity (Wildman–Crippen MR) is 75.1 cm³/mol. The van der Waals surface area contributed by atoms with E-state index in [1.807, 2.05) is 6.07 Å². The van der Waals surface area contributed by atoms with Gasteiger partial charge in [0.15, 0.2) is 0 Å². The van der Waals surface area contributed by atoms with Crippen molar-refractivity contribution in [1.82, 2.24) is 0 Å². The lowest BCUT2D eigenvalue weighted by atomic mass is 10.4. The van der Waals surface area contributed by atoms with Crippen molar-refractivity contribution in [3.8, 4) is 0 Å². The molecule has 4 radical (unpaired) electrons. The minimum atomic E-state index is -0.963. The molecular formula is C13H12OSSi2. The SMILES string of the molecule is C[Si](O[Si])c1ccccc1Sc1ccccc1. The summed E-state index contributed by atoms with van der Waals surface area (Å²) in [5.74, 6) is 0. The Balaban J connectivity index is 2.27. The van der Waals surface area contributed by atoms with Crippen LogP contribution in [0.1, 0.15) is 0 Å². The van der Waals surface area contributed by atoms with Crippen LogP contribution in [-0.4, -0.2) is 19.5 Å². The summed E-state index contributed by atoms with van der Waals surface area (Å²) in [4.78, 5) is 2.53. The van der Waals surface area contributed by atoms with Gasteiger partial charge in [0, 0.05) is 9.79 Å². The molecule has 0 aliphatic rings. The van der Waals surface area contributed by atoms with E-state index in [1.54, 1.807) is 11.8 Å². The molecule has 0 fully saturated rings. The molecule has 84 valence electrons. The fraction of sp³-hybridized carbons (Fsp3) is 0.0769. The lowest BCUT2D eigenvalue weighted by Gasteiger charge is -2.12. The molecule has 1 nitrogen and oxygen atoms in total. The molecule has 0 amide bonds. The van der Waals surface area contributed by atoms with Crippen molar-refractivity contribution in [2.75, 3.05) is 0 Å². The largest absolute Gasteiger partial charge is 0.454 e. The van der Waals surface area contributed by atoms with Gasteiger partial charge in [-0.1, -0.05) is 48.2 Å². The lowest BCUT2D eigenvalue weighted by molar-refractivity contribution is 0.653. The third-order valence-electron chi connectivity index (χ3n) is 2.39. The van der Waals surface area contributed by atoms with E-state index in [1.165, 1.54) is 15.0 Å². The highest BCUT2D eigenvalue weighted by Crippen LogP contribution is 2.26. The van der Waals surface area contributed by atoms with E-state index in [9.17, 15) is 0 Å². The fourth-order valence-electron chi connectivity index (χ4n) is 1.52. The summed E-state index contributed by atoms with van der Waals surface area (Å²) < 4.78 is 5.31. The van der Waals surface area contributed by atoms with E-state index in [4.69, 9.17) is 4.12 Å². The van der Waals surface area contributed by atoms with Crippen molar-refractivity contribution in [1.29, 1.82) is 0 Å². The van der Waals surface area contributed by atoms with Crippen LogP contribution in [0.2, 0.25) is 6.55 Å². The second-order valence-electron chi connectivity index (χ2n) is 3.57. The molecule has 0 heterocycles. The standard InChI is InChI=1S/C13H12OSSi2/c1-17(14-16)13-10-6-5-9-12(13)15-11-7-3-2-4-8-11/h2-10H,1H3. The number of hydrogen-bond acceptors (Lipinski definition) is 2. The minimum absolute atomic E-state index is 0.963. The Kier molecular flexibility index (Phi) is 4.61. The zero-order valence-electron chi connectivity index (χ0n) is 9.51. The maximum absolute atomic E-state index is 5.31. The van der Waals surface area contributed by atoms with Crippen LogP contribution in [0.15, 0.2) is 64.4 Å². The van der Waals surface area contributed by atoms with Crippen LogP contribution < -0.4 is 5.19 Å². The van der Waals surface area contributed by atoms with Gasteiger partial charge in [-0.05, 0) is 29.9 Å². The lowest BCUT2D eigenvalue weighted by Crippen LogP contribution is -2.30. The van der Waals surface area contributed by atoms with Gasteiger partial charge in [-0.25, -0.2) is 0 Å². The van der Waals surface area contributed by atoms with Gasteiger partial charge < -0.3 is 4.12 Å². The summed E-state index contributed by atoms with van der Waals surface area (Å²) in [5, 5.41) is 1.29. The second kappa shape index (κ2) is 6.21. The molecule has 0 unspecified atom stereocenters. The molecule has 0 bridgehead atoms. The van der Waals surface area contributed by atoms with E-state index in [0.717, 1.165) is 0 Å². The molecule has 0 aromatic heterocycles. The van der Waals surface area contributed by atoms with Crippen LogP contribution >= 0.6 is 11.8 Å². The number of hydrogen-bond donors (Lipinski definition) is 0. The van der Waals surface area contributed by atoms with Crippen molar-refractivity contribution in [2.45, 2.75) is 16.3 Å². The summed E-state index contributed by atoms with van der Waals surface area (Å²) in [6.45, 7) is 2.13. The van der Waals surface area contributed by atoms with E-state index in [-0.39, 0.29) is 0 Å². The Hall–Kier alpha value is -0.816. The molecule has 2 aromatic carbocycles. The smallest absolute Gasteiger partial charge is 0.232 e. The highest BCUT2D eigenvalue weighted by Gasteiger charge is 2.12. The Morgan fingerprint density at radius 3 is 2.35 bits per heavy atom. The molecule has 0 saturated heterocycles. The normalized spacial score (nSPS) is 10.8. The van der Waals surface area contributed by atoms with Gasteiger partial charge in [0.25, 0.3) is 0 Å². The van der Waals surface area contributed by atoms with Crippen LogP contribution in [0.3, 0.4) is 0 Å². The average molecular weight is 272 g/mol. The van der Waals surface area contributed by atoms with Crippen LogP contribution in [-0.2, 0) is 4.12 Å². The van der Waals surface area contributed by atoms with Crippen molar-refractivity contribution < 1.29 is 4.12 Å². The summed E-state index contributed by atoms with van der Waals surface area (Å²) >= 11 is 1.78. The van der Waals surface area contributed by atoms with Gasteiger partial charge in [-0.15, -0.1) is 0 Å². The van der Waals surface area contributed by atoms with Crippen LogP contribution in [0.4, 0.5) is 0 Å². The fourth-order valence-corrected chi connectivity index (χ4v) is 4.17. The molecule has 0 spiro atoms. The van der Waals surface area contributed by atoms with Crippen LogP contribution in [0.5, 0.6) is 0 Å². The van der Waals surface area contributed by atoms with E-state index in [2.05, 4.69) is 65.6 Å². The van der Waals surface area contributed by atoms with Gasteiger partial charge in [0.05, 0.1) is 0 Å². The molecule has 0 N–H and O–H groups in total. The highest BCUT2D eigenvalue weighted by molar-refractivity contribution is 7.99.